The molecule has 0 radical (unpaired) electrons. The van der Waals surface area contributed by atoms with Crippen LogP contribution < -0.4 is 5.32 Å². The lowest BCUT2D eigenvalue weighted by Gasteiger charge is -2.37. The lowest BCUT2D eigenvalue weighted by atomic mass is 10.1. The summed E-state index contributed by atoms with van der Waals surface area (Å²) < 4.78 is 13.5. The van der Waals surface area contributed by atoms with Crippen LogP contribution in [0.1, 0.15) is 0 Å². The number of rotatable bonds is 4. The van der Waals surface area contributed by atoms with Crippen molar-refractivity contribution in [1.82, 2.24) is 9.80 Å². The van der Waals surface area contributed by atoms with E-state index in [4.69, 9.17) is 0 Å². The Bertz CT molecular complexity index is 497. The van der Waals surface area contributed by atoms with Crippen molar-refractivity contribution in [1.29, 1.82) is 0 Å². The van der Waals surface area contributed by atoms with Crippen LogP contribution in [0.15, 0.2) is 18.2 Å². The fraction of sp³-hybridized carbons (Fsp3) is 0.538. The molecular formula is C13H19FN4O2. The number of halogens is 1. The van der Waals surface area contributed by atoms with Gasteiger partial charge in [-0.3, -0.25) is 15.0 Å². The van der Waals surface area contributed by atoms with Crippen LogP contribution in [0.5, 0.6) is 0 Å². The van der Waals surface area contributed by atoms with Crippen molar-refractivity contribution in [2.24, 2.45) is 0 Å². The summed E-state index contributed by atoms with van der Waals surface area (Å²) in [7, 11) is 4.07. The molecular weight excluding hydrogens is 263 g/mol. The average molecular weight is 282 g/mol. The first-order valence-electron chi connectivity index (χ1n) is 6.54. The van der Waals surface area contributed by atoms with Crippen LogP contribution in [0.25, 0.3) is 0 Å². The molecule has 1 heterocycles. The van der Waals surface area contributed by atoms with Gasteiger partial charge in [0.05, 0.1) is 4.92 Å². The molecule has 1 aromatic carbocycles. The number of hydrogen-bond acceptors (Lipinski definition) is 5. The van der Waals surface area contributed by atoms with Gasteiger partial charge in [-0.25, -0.2) is 0 Å². The number of para-hydroxylation sites is 1. The summed E-state index contributed by atoms with van der Waals surface area (Å²) in [6, 6.07) is 4.36. The van der Waals surface area contributed by atoms with E-state index < -0.39 is 16.4 Å². The van der Waals surface area contributed by atoms with Crippen molar-refractivity contribution in [3.8, 4) is 0 Å². The van der Waals surface area contributed by atoms with Crippen molar-refractivity contribution < 1.29 is 9.31 Å². The Kier molecular flexibility index (Phi) is 4.51. The highest BCUT2D eigenvalue weighted by molar-refractivity contribution is 5.62. The lowest BCUT2D eigenvalue weighted by Crippen LogP contribution is -2.52. The van der Waals surface area contributed by atoms with Gasteiger partial charge in [0.2, 0.25) is 5.82 Å². The van der Waals surface area contributed by atoms with Crippen molar-refractivity contribution >= 4 is 11.4 Å². The molecule has 2 rings (SSSR count). The molecule has 0 bridgehead atoms. The molecule has 1 N–H and O–H groups in total. The zero-order chi connectivity index (χ0) is 14.7. The zero-order valence-corrected chi connectivity index (χ0v) is 11.7. The molecule has 1 aromatic rings. The third-order valence-electron chi connectivity index (χ3n) is 3.68. The van der Waals surface area contributed by atoms with Crippen molar-refractivity contribution in [3.05, 3.63) is 34.1 Å². The lowest BCUT2D eigenvalue weighted by molar-refractivity contribution is -0.386. The molecule has 0 amide bonds. The topological polar surface area (TPSA) is 61.6 Å². The quantitative estimate of drug-likeness (QED) is 0.668. The first-order chi connectivity index (χ1) is 9.49. The highest BCUT2D eigenvalue weighted by Crippen LogP contribution is 2.27. The first-order valence-corrected chi connectivity index (χ1v) is 6.54. The molecule has 1 fully saturated rings. The molecule has 0 saturated carbocycles. The number of nitrogens with zero attached hydrogens (tertiary/aromatic N) is 3. The molecule has 7 heteroatoms. The monoisotopic (exact) mass is 282 g/mol. The van der Waals surface area contributed by atoms with E-state index in [-0.39, 0.29) is 11.7 Å². The predicted octanol–water partition coefficient (Wildman–Crippen LogP) is 1.39. The second-order valence-electron chi connectivity index (χ2n) is 5.17. The van der Waals surface area contributed by atoms with Crippen molar-refractivity contribution in [2.75, 3.05) is 45.6 Å². The Morgan fingerprint density at radius 1 is 1.45 bits per heavy atom. The van der Waals surface area contributed by atoms with Crippen molar-refractivity contribution in [3.63, 3.8) is 0 Å². The minimum absolute atomic E-state index is 0.233. The van der Waals surface area contributed by atoms with Crippen molar-refractivity contribution in [2.45, 2.75) is 6.04 Å². The molecule has 110 valence electrons. The van der Waals surface area contributed by atoms with Crippen LogP contribution in [0.3, 0.4) is 0 Å². The molecule has 1 atom stereocenters. The van der Waals surface area contributed by atoms with Crippen LogP contribution in [-0.2, 0) is 0 Å². The SMILES string of the molecule is CN1CCN(C)C(CNc2cccc(F)c2[N+](=O)[O-])C1. The number of likely N-dealkylation sites (N-methyl/N-ethyl adjacent to an activating group) is 2. The highest BCUT2D eigenvalue weighted by atomic mass is 19.1. The standard InChI is InChI=1S/C13H19FN4O2/c1-16-6-7-17(2)10(9-16)8-15-12-5-3-4-11(14)13(12)18(19)20/h3-5,10,15H,6-9H2,1-2H3. The number of nitro groups is 1. The summed E-state index contributed by atoms with van der Waals surface area (Å²) in [5, 5.41) is 13.9. The second kappa shape index (κ2) is 6.15. The maximum absolute atomic E-state index is 13.5. The number of anilines is 1. The maximum atomic E-state index is 13.5. The molecule has 1 unspecified atom stereocenters. The molecule has 0 aliphatic carbocycles. The van der Waals surface area contributed by atoms with Gasteiger partial charge in [0.25, 0.3) is 0 Å². The van der Waals surface area contributed by atoms with E-state index in [1.54, 1.807) is 0 Å². The van der Waals surface area contributed by atoms with E-state index in [2.05, 4.69) is 15.1 Å². The molecule has 0 spiro atoms. The van der Waals surface area contributed by atoms with Crippen LogP contribution in [0, 0.1) is 15.9 Å². The largest absolute Gasteiger partial charge is 0.378 e. The Morgan fingerprint density at radius 3 is 2.90 bits per heavy atom. The van der Waals surface area contributed by atoms with E-state index in [1.807, 2.05) is 14.1 Å². The molecule has 1 aliphatic rings. The molecule has 6 nitrogen and oxygen atoms in total. The van der Waals surface area contributed by atoms with Gasteiger partial charge in [-0.1, -0.05) is 6.07 Å². The first kappa shape index (κ1) is 14.7. The van der Waals surface area contributed by atoms with E-state index in [0.29, 0.717) is 6.54 Å². The van der Waals surface area contributed by atoms with Gasteiger partial charge in [0.15, 0.2) is 0 Å². The summed E-state index contributed by atoms with van der Waals surface area (Å²) in [6.45, 7) is 3.39. The van der Waals surface area contributed by atoms with Crippen LogP contribution in [0.4, 0.5) is 15.8 Å². The van der Waals surface area contributed by atoms with Gasteiger partial charge >= 0.3 is 5.69 Å². The van der Waals surface area contributed by atoms with Crippen LogP contribution in [0.2, 0.25) is 0 Å². The zero-order valence-electron chi connectivity index (χ0n) is 11.7. The highest BCUT2D eigenvalue weighted by Gasteiger charge is 2.24. The van der Waals surface area contributed by atoms with Gasteiger partial charge < -0.3 is 10.2 Å². The Morgan fingerprint density at radius 2 is 2.20 bits per heavy atom. The number of benzene rings is 1. The number of hydrogen-bond donors (Lipinski definition) is 1. The van der Waals surface area contributed by atoms with Gasteiger partial charge in [-0.15, -0.1) is 0 Å². The summed E-state index contributed by atoms with van der Waals surface area (Å²) in [4.78, 5) is 14.7. The van der Waals surface area contributed by atoms with Gasteiger partial charge in [0, 0.05) is 32.2 Å². The third-order valence-corrected chi connectivity index (χ3v) is 3.68. The maximum Gasteiger partial charge on any atom is 0.327 e. The van der Waals surface area contributed by atoms with Crippen LogP contribution in [-0.4, -0.2) is 61.0 Å². The predicted molar refractivity (Wildman–Crippen MR) is 75.5 cm³/mol. The normalized spacial score (nSPS) is 20.9. The number of piperazine rings is 1. The minimum atomic E-state index is -0.811. The van der Waals surface area contributed by atoms with Crippen LogP contribution >= 0.6 is 0 Å². The van der Waals surface area contributed by atoms with E-state index >= 15 is 0 Å². The van der Waals surface area contributed by atoms with E-state index in [0.717, 1.165) is 25.7 Å². The molecule has 1 aliphatic heterocycles. The fourth-order valence-corrected chi connectivity index (χ4v) is 2.39. The molecule has 20 heavy (non-hydrogen) atoms. The molecule has 1 saturated heterocycles. The van der Waals surface area contributed by atoms with E-state index in [1.165, 1.54) is 12.1 Å². The Labute approximate surface area is 117 Å². The summed E-state index contributed by atoms with van der Waals surface area (Å²) in [6.07, 6.45) is 0. The second-order valence-corrected chi connectivity index (χ2v) is 5.17. The smallest absolute Gasteiger partial charge is 0.327 e. The minimum Gasteiger partial charge on any atom is -0.378 e. The summed E-state index contributed by atoms with van der Waals surface area (Å²) >= 11 is 0. The van der Waals surface area contributed by atoms with E-state index in [9.17, 15) is 14.5 Å². The summed E-state index contributed by atoms with van der Waals surface area (Å²) in [5.41, 5.74) is -0.254. The number of nitro benzene ring substituents is 1. The van der Waals surface area contributed by atoms with Gasteiger partial charge in [-0.05, 0) is 26.2 Å². The molecule has 0 aromatic heterocycles. The number of nitrogens with one attached hydrogen (secondary N) is 1. The average Bonchev–Trinajstić information content (AvgIpc) is 2.39. The van der Waals surface area contributed by atoms with Gasteiger partial charge in [-0.2, -0.15) is 4.39 Å². The third kappa shape index (κ3) is 3.23. The fourth-order valence-electron chi connectivity index (χ4n) is 2.39. The Balaban J connectivity index is 2.07. The summed E-state index contributed by atoms with van der Waals surface area (Å²) in [5.74, 6) is -0.811. The van der Waals surface area contributed by atoms with Gasteiger partial charge in [0.1, 0.15) is 5.69 Å². The Hall–Kier alpha value is -1.73.